The van der Waals surface area contributed by atoms with Crippen molar-refractivity contribution in [3.8, 4) is 0 Å². The molecule has 0 aliphatic carbocycles. The lowest BCUT2D eigenvalue weighted by Crippen LogP contribution is -2.47. The topological polar surface area (TPSA) is 0 Å². The van der Waals surface area contributed by atoms with Crippen molar-refractivity contribution < 1.29 is 4.48 Å². The van der Waals surface area contributed by atoms with E-state index in [0.29, 0.717) is 0 Å². The highest BCUT2D eigenvalue weighted by molar-refractivity contribution is 9.09. The van der Waals surface area contributed by atoms with Crippen LogP contribution in [0.2, 0.25) is 0 Å². The van der Waals surface area contributed by atoms with Gasteiger partial charge in [-0.2, -0.15) is 0 Å². The Hall–Kier alpha value is 0.470. The van der Waals surface area contributed by atoms with Crippen LogP contribution in [0.25, 0.3) is 0 Å². The highest BCUT2D eigenvalue weighted by Crippen LogP contribution is 2.10. The number of rotatable bonds is 6. The summed E-state index contributed by atoms with van der Waals surface area (Å²) >= 11 is 9.29. The number of quaternary nitrogens is 1. The molecule has 78 valence electrons. The van der Waals surface area contributed by atoms with Gasteiger partial charge in [-0.15, -0.1) is 0 Å². The Morgan fingerprint density at radius 2 is 1.69 bits per heavy atom. The SMILES string of the molecule is CC[N+](CC)(CC)CC=C(Cl)CBr. The molecule has 0 N–H and O–H groups in total. The van der Waals surface area contributed by atoms with Crippen molar-refractivity contribution in [3.05, 3.63) is 11.1 Å². The Balaban J connectivity index is 4.25. The summed E-state index contributed by atoms with van der Waals surface area (Å²) in [6, 6.07) is 0. The van der Waals surface area contributed by atoms with Crippen molar-refractivity contribution in [3.63, 3.8) is 0 Å². The summed E-state index contributed by atoms with van der Waals surface area (Å²) < 4.78 is 1.13. The molecule has 0 heterocycles. The van der Waals surface area contributed by atoms with Gasteiger partial charge >= 0.3 is 0 Å². The van der Waals surface area contributed by atoms with E-state index in [4.69, 9.17) is 11.6 Å². The molecule has 0 bridgehead atoms. The maximum atomic E-state index is 5.95. The third kappa shape index (κ3) is 4.48. The minimum atomic E-state index is 0.770. The zero-order valence-corrected chi connectivity index (χ0v) is 11.2. The predicted octanol–water partition coefficient (Wildman–Crippen LogP) is 3.38. The fourth-order valence-electron chi connectivity index (χ4n) is 1.41. The fourth-order valence-corrected chi connectivity index (χ4v) is 1.70. The van der Waals surface area contributed by atoms with Crippen LogP contribution in [0.4, 0.5) is 0 Å². The van der Waals surface area contributed by atoms with E-state index in [0.717, 1.165) is 21.4 Å². The molecule has 0 atom stereocenters. The van der Waals surface area contributed by atoms with Crippen LogP contribution in [0.3, 0.4) is 0 Å². The van der Waals surface area contributed by atoms with Gasteiger partial charge in [0.15, 0.2) is 0 Å². The van der Waals surface area contributed by atoms with E-state index >= 15 is 0 Å². The number of hydrogen-bond acceptors (Lipinski definition) is 0. The molecular formula is C10H20BrClN+. The van der Waals surface area contributed by atoms with Gasteiger partial charge in [-0.05, 0) is 26.8 Å². The Bertz CT molecular complexity index is 156. The molecular weight excluding hydrogens is 249 g/mol. The monoisotopic (exact) mass is 268 g/mol. The Morgan fingerprint density at radius 3 is 2.00 bits per heavy atom. The van der Waals surface area contributed by atoms with Crippen molar-refractivity contribution in [2.45, 2.75) is 20.8 Å². The van der Waals surface area contributed by atoms with Crippen molar-refractivity contribution >= 4 is 27.5 Å². The minimum absolute atomic E-state index is 0.770. The van der Waals surface area contributed by atoms with Gasteiger partial charge in [-0.3, -0.25) is 0 Å². The first kappa shape index (κ1) is 13.5. The van der Waals surface area contributed by atoms with Gasteiger partial charge in [0.25, 0.3) is 0 Å². The number of alkyl halides is 1. The third-order valence-electron chi connectivity index (χ3n) is 2.84. The van der Waals surface area contributed by atoms with Crippen LogP contribution in [0.1, 0.15) is 20.8 Å². The quantitative estimate of drug-likeness (QED) is 0.512. The smallest absolute Gasteiger partial charge is 0.0988 e. The molecule has 0 fully saturated rings. The maximum absolute atomic E-state index is 5.95. The lowest BCUT2D eigenvalue weighted by atomic mass is 10.3. The summed E-state index contributed by atoms with van der Waals surface area (Å²) in [5.41, 5.74) is 0. The Labute approximate surface area is 95.5 Å². The molecule has 0 aromatic heterocycles. The molecule has 0 saturated carbocycles. The number of halogens is 2. The van der Waals surface area contributed by atoms with Crippen molar-refractivity contribution in [2.24, 2.45) is 0 Å². The van der Waals surface area contributed by atoms with Gasteiger partial charge in [-0.1, -0.05) is 27.5 Å². The average molecular weight is 270 g/mol. The van der Waals surface area contributed by atoms with Crippen LogP contribution < -0.4 is 0 Å². The molecule has 0 aliphatic heterocycles. The molecule has 1 nitrogen and oxygen atoms in total. The largest absolute Gasteiger partial charge is 0.321 e. The first-order valence-corrected chi connectivity index (χ1v) is 6.39. The van der Waals surface area contributed by atoms with Crippen LogP contribution in [0.5, 0.6) is 0 Å². The number of nitrogens with zero attached hydrogens (tertiary/aromatic N) is 1. The van der Waals surface area contributed by atoms with E-state index in [1.54, 1.807) is 0 Å². The number of allylic oxidation sites excluding steroid dienone is 1. The summed E-state index contributed by atoms with van der Waals surface area (Å²) in [6.45, 7) is 11.3. The third-order valence-corrected chi connectivity index (χ3v) is 4.06. The zero-order valence-electron chi connectivity index (χ0n) is 8.82. The second-order valence-corrected chi connectivity index (χ2v) is 4.30. The van der Waals surface area contributed by atoms with E-state index in [-0.39, 0.29) is 0 Å². The van der Waals surface area contributed by atoms with Gasteiger partial charge in [0.05, 0.1) is 26.2 Å². The second-order valence-electron chi connectivity index (χ2n) is 3.26. The van der Waals surface area contributed by atoms with Gasteiger partial charge < -0.3 is 4.48 Å². The van der Waals surface area contributed by atoms with Gasteiger partial charge in [0.1, 0.15) is 0 Å². The molecule has 0 amide bonds. The Kier molecular flexibility index (Phi) is 7.10. The van der Waals surface area contributed by atoms with Crippen molar-refractivity contribution in [1.82, 2.24) is 0 Å². The lowest BCUT2D eigenvalue weighted by Gasteiger charge is -2.34. The summed E-state index contributed by atoms with van der Waals surface area (Å²) in [4.78, 5) is 0. The van der Waals surface area contributed by atoms with Crippen LogP contribution in [0.15, 0.2) is 11.1 Å². The van der Waals surface area contributed by atoms with Crippen LogP contribution >= 0.6 is 27.5 Å². The normalized spacial score (nSPS) is 13.5. The molecule has 3 heteroatoms. The van der Waals surface area contributed by atoms with Crippen molar-refractivity contribution in [2.75, 3.05) is 31.5 Å². The minimum Gasteiger partial charge on any atom is -0.321 e. The average Bonchev–Trinajstić information content (AvgIpc) is 2.20. The van der Waals surface area contributed by atoms with E-state index < -0.39 is 0 Å². The predicted molar refractivity (Wildman–Crippen MR) is 64.5 cm³/mol. The van der Waals surface area contributed by atoms with Gasteiger partial charge in [0, 0.05) is 10.4 Å². The lowest BCUT2D eigenvalue weighted by molar-refractivity contribution is -0.917. The van der Waals surface area contributed by atoms with Gasteiger partial charge in [0.2, 0.25) is 0 Å². The second kappa shape index (κ2) is 6.86. The highest BCUT2D eigenvalue weighted by Gasteiger charge is 2.18. The maximum Gasteiger partial charge on any atom is 0.0988 e. The Morgan fingerprint density at radius 1 is 1.23 bits per heavy atom. The summed E-state index contributed by atoms with van der Waals surface area (Å²) in [5.74, 6) is 0. The van der Waals surface area contributed by atoms with Gasteiger partial charge in [-0.25, -0.2) is 0 Å². The molecule has 0 unspecified atom stereocenters. The molecule has 0 spiro atoms. The fraction of sp³-hybridized carbons (Fsp3) is 0.800. The molecule has 0 rings (SSSR count). The first-order chi connectivity index (χ1) is 6.14. The summed E-state index contributed by atoms with van der Waals surface area (Å²) in [7, 11) is 0. The molecule has 0 aromatic rings. The molecule has 0 aliphatic rings. The van der Waals surface area contributed by atoms with Crippen molar-refractivity contribution in [1.29, 1.82) is 0 Å². The molecule has 0 aromatic carbocycles. The highest BCUT2D eigenvalue weighted by atomic mass is 79.9. The molecule has 0 radical (unpaired) electrons. The van der Waals surface area contributed by atoms with E-state index in [1.165, 1.54) is 19.6 Å². The van der Waals surface area contributed by atoms with Crippen LogP contribution in [0, 0.1) is 0 Å². The van der Waals surface area contributed by atoms with E-state index in [1.807, 2.05) is 0 Å². The summed E-state index contributed by atoms with van der Waals surface area (Å²) in [6.07, 6.45) is 2.13. The first-order valence-electron chi connectivity index (χ1n) is 4.89. The molecule has 13 heavy (non-hydrogen) atoms. The van der Waals surface area contributed by atoms with Crippen LogP contribution in [-0.4, -0.2) is 36.0 Å². The van der Waals surface area contributed by atoms with E-state index in [2.05, 4.69) is 42.8 Å². The zero-order chi connectivity index (χ0) is 10.3. The number of hydrogen-bond donors (Lipinski definition) is 0. The number of likely N-dealkylation sites (N-methyl/N-ethyl adjacent to an activating group) is 1. The summed E-state index contributed by atoms with van der Waals surface area (Å²) in [5, 5.41) is 1.68. The van der Waals surface area contributed by atoms with E-state index in [9.17, 15) is 0 Å². The molecule has 0 saturated heterocycles. The standard InChI is InChI=1S/C10H20BrClN/c1-4-13(5-2,6-3)8-7-10(12)9-11/h7H,4-6,8-9H2,1-3H3/q+1. The van der Waals surface area contributed by atoms with Crippen LogP contribution in [-0.2, 0) is 0 Å².